The van der Waals surface area contributed by atoms with Crippen LogP contribution >= 0.6 is 11.6 Å². The van der Waals surface area contributed by atoms with E-state index in [2.05, 4.69) is 17.4 Å². The molecule has 0 heterocycles. The summed E-state index contributed by atoms with van der Waals surface area (Å²) in [5.41, 5.74) is 2.51. The van der Waals surface area contributed by atoms with E-state index in [4.69, 9.17) is 11.6 Å². The molecule has 16 heavy (non-hydrogen) atoms. The van der Waals surface area contributed by atoms with Crippen LogP contribution in [0.1, 0.15) is 29.9 Å². The highest BCUT2D eigenvalue weighted by Gasteiger charge is 2.25. The second-order valence-electron chi connectivity index (χ2n) is 4.12. The number of carbonyl (C=O) groups is 1. The first-order valence-corrected chi connectivity index (χ1v) is 6.28. The van der Waals surface area contributed by atoms with E-state index in [0.29, 0.717) is 12.4 Å². The van der Waals surface area contributed by atoms with Gasteiger partial charge in [-0.25, -0.2) is 0 Å². The lowest BCUT2D eigenvalue weighted by molar-refractivity contribution is -0.122. The van der Waals surface area contributed by atoms with Crippen molar-refractivity contribution in [3.63, 3.8) is 0 Å². The molecule has 0 fully saturated rings. The number of hydrogen-bond acceptors (Lipinski definition) is 1. The molecule has 0 saturated heterocycles. The maximum atomic E-state index is 11.9. The number of nitrogens with one attached hydrogen (secondary N) is 1. The molecule has 0 bridgehead atoms. The lowest BCUT2D eigenvalue weighted by Gasteiger charge is -2.24. The number of hydrogen-bond donors (Lipinski definition) is 1. The number of benzene rings is 1. The maximum absolute atomic E-state index is 11.9. The summed E-state index contributed by atoms with van der Waals surface area (Å²) in [6.45, 7) is 0.555. The summed E-state index contributed by atoms with van der Waals surface area (Å²) in [7, 11) is 0. The molecule has 0 radical (unpaired) electrons. The van der Waals surface area contributed by atoms with Gasteiger partial charge in [0.15, 0.2) is 0 Å². The molecular weight excluding hydrogens is 222 g/mol. The van der Waals surface area contributed by atoms with Crippen LogP contribution in [0.25, 0.3) is 0 Å². The van der Waals surface area contributed by atoms with Gasteiger partial charge in [0, 0.05) is 12.4 Å². The van der Waals surface area contributed by atoms with Crippen molar-refractivity contribution in [1.82, 2.24) is 5.32 Å². The molecule has 0 aliphatic heterocycles. The lowest BCUT2D eigenvalue weighted by atomic mass is 9.82. The van der Waals surface area contributed by atoms with Gasteiger partial charge in [0.05, 0.1) is 5.92 Å². The number of halogens is 1. The van der Waals surface area contributed by atoms with Gasteiger partial charge in [-0.2, -0.15) is 0 Å². The van der Waals surface area contributed by atoms with Gasteiger partial charge >= 0.3 is 0 Å². The van der Waals surface area contributed by atoms with Crippen LogP contribution in [0.15, 0.2) is 24.3 Å². The fourth-order valence-corrected chi connectivity index (χ4v) is 2.41. The molecule has 0 aromatic heterocycles. The third kappa shape index (κ3) is 2.38. The van der Waals surface area contributed by atoms with Crippen LogP contribution < -0.4 is 5.32 Å². The van der Waals surface area contributed by atoms with Crippen molar-refractivity contribution in [2.24, 2.45) is 0 Å². The second-order valence-corrected chi connectivity index (χ2v) is 4.50. The van der Waals surface area contributed by atoms with Gasteiger partial charge in [0.25, 0.3) is 0 Å². The van der Waals surface area contributed by atoms with Crippen molar-refractivity contribution in [2.45, 2.75) is 25.2 Å². The molecule has 1 aliphatic rings. The van der Waals surface area contributed by atoms with Gasteiger partial charge in [-0.3, -0.25) is 4.79 Å². The van der Waals surface area contributed by atoms with Gasteiger partial charge in [-0.05, 0) is 30.4 Å². The Balaban J connectivity index is 2.15. The molecule has 1 amide bonds. The summed E-state index contributed by atoms with van der Waals surface area (Å²) in [5, 5.41) is 2.87. The average molecular weight is 238 g/mol. The first-order valence-electron chi connectivity index (χ1n) is 5.74. The molecule has 2 nitrogen and oxygen atoms in total. The lowest BCUT2D eigenvalue weighted by Crippen LogP contribution is -2.32. The normalized spacial score (nSPS) is 18.9. The predicted molar refractivity (Wildman–Crippen MR) is 65.9 cm³/mol. The number of aryl methyl sites for hydroxylation is 1. The Morgan fingerprint density at radius 3 is 3.06 bits per heavy atom. The average Bonchev–Trinajstić information content (AvgIpc) is 2.35. The standard InChI is InChI=1S/C13H16ClNO/c14-8-9-15-13(16)12-7-3-5-10-4-1-2-6-11(10)12/h1-2,4,6,12H,3,5,7-9H2,(H,15,16). The van der Waals surface area contributed by atoms with Gasteiger partial charge < -0.3 is 5.32 Å². The zero-order valence-electron chi connectivity index (χ0n) is 9.21. The molecule has 1 unspecified atom stereocenters. The van der Waals surface area contributed by atoms with Crippen LogP contribution in [0.2, 0.25) is 0 Å². The number of carbonyl (C=O) groups excluding carboxylic acids is 1. The molecule has 0 spiro atoms. The minimum Gasteiger partial charge on any atom is -0.354 e. The van der Waals surface area contributed by atoms with E-state index >= 15 is 0 Å². The Hall–Kier alpha value is -1.02. The fraction of sp³-hybridized carbons (Fsp3) is 0.462. The molecule has 1 aromatic rings. The first-order chi connectivity index (χ1) is 7.83. The van der Waals surface area contributed by atoms with E-state index in [0.717, 1.165) is 19.3 Å². The smallest absolute Gasteiger partial charge is 0.227 e. The summed E-state index contributed by atoms with van der Waals surface area (Å²) in [4.78, 5) is 11.9. The zero-order valence-corrected chi connectivity index (χ0v) is 9.96. The summed E-state index contributed by atoms with van der Waals surface area (Å²) < 4.78 is 0. The second kappa shape index (κ2) is 5.35. The van der Waals surface area contributed by atoms with Crippen molar-refractivity contribution >= 4 is 17.5 Å². The summed E-state index contributed by atoms with van der Waals surface area (Å²) in [6, 6.07) is 8.24. The van der Waals surface area contributed by atoms with Crippen LogP contribution in [0, 0.1) is 0 Å². The molecule has 1 N–H and O–H groups in total. The predicted octanol–water partition coefficient (Wildman–Crippen LogP) is 2.46. The quantitative estimate of drug-likeness (QED) is 0.804. The van der Waals surface area contributed by atoms with E-state index in [1.54, 1.807) is 0 Å². The monoisotopic (exact) mass is 237 g/mol. The zero-order chi connectivity index (χ0) is 11.4. The molecule has 3 heteroatoms. The number of alkyl halides is 1. The van der Waals surface area contributed by atoms with E-state index in [1.807, 2.05) is 12.1 Å². The van der Waals surface area contributed by atoms with Crippen LogP contribution in [-0.4, -0.2) is 18.3 Å². The van der Waals surface area contributed by atoms with Gasteiger partial charge in [-0.15, -0.1) is 11.6 Å². The molecule has 0 saturated carbocycles. The highest BCUT2D eigenvalue weighted by Crippen LogP contribution is 2.31. The summed E-state index contributed by atoms with van der Waals surface area (Å²) in [6.07, 6.45) is 3.14. The Morgan fingerprint density at radius 1 is 1.44 bits per heavy atom. The molecule has 2 rings (SSSR count). The third-order valence-electron chi connectivity index (χ3n) is 3.08. The van der Waals surface area contributed by atoms with E-state index in [9.17, 15) is 4.79 Å². The van der Waals surface area contributed by atoms with Crippen molar-refractivity contribution in [1.29, 1.82) is 0 Å². The van der Waals surface area contributed by atoms with Crippen LogP contribution in [0.4, 0.5) is 0 Å². The largest absolute Gasteiger partial charge is 0.354 e. The highest BCUT2D eigenvalue weighted by atomic mass is 35.5. The molecule has 86 valence electrons. The Kier molecular flexibility index (Phi) is 3.83. The Morgan fingerprint density at radius 2 is 2.25 bits per heavy atom. The number of amides is 1. The topological polar surface area (TPSA) is 29.1 Å². The SMILES string of the molecule is O=C(NCCCl)C1CCCc2ccccc21. The van der Waals surface area contributed by atoms with Crippen LogP contribution in [-0.2, 0) is 11.2 Å². The van der Waals surface area contributed by atoms with Crippen molar-refractivity contribution in [3.05, 3.63) is 35.4 Å². The minimum atomic E-state index is 0.0215. The molecule has 1 atom stereocenters. The van der Waals surface area contributed by atoms with Gasteiger partial charge in [-0.1, -0.05) is 24.3 Å². The molecule has 1 aromatic carbocycles. The third-order valence-corrected chi connectivity index (χ3v) is 3.27. The Labute approximate surface area is 101 Å². The van der Waals surface area contributed by atoms with Crippen molar-refractivity contribution in [2.75, 3.05) is 12.4 Å². The van der Waals surface area contributed by atoms with E-state index < -0.39 is 0 Å². The van der Waals surface area contributed by atoms with Gasteiger partial charge in [0.1, 0.15) is 0 Å². The summed E-state index contributed by atoms with van der Waals surface area (Å²) in [5.74, 6) is 0.612. The summed E-state index contributed by atoms with van der Waals surface area (Å²) >= 11 is 5.57. The molecular formula is C13H16ClNO. The van der Waals surface area contributed by atoms with E-state index in [1.165, 1.54) is 11.1 Å². The van der Waals surface area contributed by atoms with Crippen LogP contribution in [0.3, 0.4) is 0 Å². The first kappa shape index (κ1) is 11.5. The minimum absolute atomic E-state index is 0.0215. The Bertz CT molecular complexity index is 378. The van der Waals surface area contributed by atoms with Crippen molar-refractivity contribution < 1.29 is 4.79 Å². The number of fused-ring (bicyclic) bond motifs is 1. The van der Waals surface area contributed by atoms with Crippen LogP contribution in [0.5, 0.6) is 0 Å². The number of rotatable bonds is 3. The highest BCUT2D eigenvalue weighted by molar-refractivity contribution is 6.18. The molecule has 1 aliphatic carbocycles. The van der Waals surface area contributed by atoms with Gasteiger partial charge in [0.2, 0.25) is 5.91 Å². The fourth-order valence-electron chi connectivity index (χ4n) is 2.32. The maximum Gasteiger partial charge on any atom is 0.227 e. The van der Waals surface area contributed by atoms with E-state index in [-0.39, 0.29) is 11.8 Å². The van der Waals surface area contributed by atoms with Crippen molar-refractivity contribution in [3.8, 4) is 0 Å².